The molecule has 0 bridgehead atoms. The van der Waals surface area contributed by atoms with Crippen LogP contribution >= 0.6 is 0 Å². The molecule has 0 aromatic heterocycles. The van der Waals surface area contributed by atoms with Gasteiger partial charge in [0, 0.05) is 13.0 Å². The van der Waals surface area contributed by atoms with Gasteiger partial charge in [0.15, 0.2) is 5.60 Å². The quantitative estimate of drug-likeness (QED) is 0.401. The molecule has 1 unspecified atom stereocenters. The molecule has 4 N–H and O–H groups in total. The Morgan fingerprint density at radius 1 is 1.13 bits per heavy atom. The van der Waals surface area contributed by atoms with Gasteiger partial charge in [0.1, 0.15) is 0 Å². The first-order valence-electron chi connectivity index (χ1n) is 4.29. The van der Waals surface area contributed by atoms with Gasteiger partial charge in [-0.2, -0.15) is 0 Å². The molecule has 0 aromatic carbocycles. The molecule has 1 atom stereocenters. The number of ether oxygens (including phenoxy) is 1. The molecule has 88 valence electrons. The summed E-state index contributed by atoms with van der Waals surface area (Å²) >= 11 is 0. The topological polar surface area (TPSA) is 124 Å². The summed E-state index contributed by atoms with van der Waals surface area (Å²) in [7, 11) is 0. The zero-order chi connectivity index (χ0) is 11.9. The van der Waals surface area contributed by atoms with Crippen LogP contribution in [0.25, 0.3) is 0 Å². The monoisotopic (exact) mass is 222 g/mol. The third-order valence-corrected chi connectivity index (χ3v) is 1.81. The van der Waals surface area contributed by atoms with Crippen LogP contribution in [0.2, 0.25) is 0 Å². The van der Waals surface area contributed by atoms with Crippen LogP contribution in [0.15, 0.2) is 0 Å². The number of hydrogen-bond donors (Lipinski definition) is 4. The molecule has 0 aliphatic rings. The lowest BCUT2D eigenvalue weighted by atomic mass is 9.96. The maximum atomic E-state index is 10.9. The van der Waals surface area contributed by atoms with Gasteiger partial charge < -0.3 is 25.2 Å². The number of carboxylic acid groups (broad SMARTS) is 2. The van der Waals surface area contributed by atoms with Crippen molar-refractivity contribution in [1.82, 2.24) is 0 Å². The van der Waals surface area contributed by atoms with E-state index in [1.807, 2.05) is 0 Å². The molecule has 7 nitrogen and oxygen atoms in total. The lowest BCUT2D eigenvalue weighted by Crippen LogP contribution is -2.45. The molecule has 0 rings (SSSR count). The molecule has 0 amide bonds. The van der Waals surface area contributed by atoms with Crippen molar-refractivity contribution in [3.63, 3.8) is 0 Å². The first-order chi connectivity index (χ1) is 6.98. The number of rotatable bonds is 8. The van der Waals surface area contributed by atoms with Crippen LogP contribution in [-0.2, 0) is 14.3 Å². The Morgan fingerprint density at radius 2 is 1.73 bits per heavy atom. The van der Waals surface area contributed by atoms with Gasteiger partial charge in [-0.05, 0) is 0 Å². The second-order valence-corrected chi connectivity index (χ2v) is 2.92. The van der Waals surface area contributed by atoms with Gasteiger partial charge in [-0.15, -0.1) is 0 Å². The average molecular weight is 222 g/mol. The fourth-order valence-electron chi connectivity index (χ4n) is 1.12. The van der Waals surface area contributed by atoms with Crippen molar-refractivity contribution in [3.05, 3.63) is 0 Å². The smallest absolute Gasteiger partial charge is 0.336 e. The molecule has 0 radical (unpaired) electrons. The highest BCUT2D eigenvalue weighted by molar-refractivity contribution is 5.83. The largest absolute Gasteiger partial charge is 0.481 e. The van der Waals surface area contributed by atoms with Crippen LogP contribution < -0.4 is 0 Å². The van der Waals surface area contributed by atoms with E-state index >= 15 is 0 Å². The summed E-state index contributed by atoms with van der Waals surface area (Å²) in [5.74, 6) is -2.81. The number of hydrogen-bond acceptors (Lipinski definition) is 5. The van der Waals surface area contributed by atoms with E-state index in [-0.39, 0.29) is 13.0 Å². The standard InChI is InChI=1S/C8H14O7/c9-2-1-8(7(13)14,5-6(11)12)15-4-3-10/h9-10H,1-5H2,(H,11,12)(H,13,14). The van der Waals surface area contributed by atoms with Crippen molar-refractivity contribution in [2.24, 2.45) is 0 Å². The molecular weight excluding hydrogens is 208 g/mol. The Morgan fingerprint density at radius 3 is 2.07 bits per heavy atom. The van der Waals surface area contributed by atoms with E-state index in [9.17, 15) is 9.59 Å². The summed E-state index contributed by atoms with van der Waals surface area (Å²) in [5, 5.41) is 34.5. The summed E-state index contributed by atoms with van der Waals surface area (Å²) in [4.78, 5) is 21.3. The second-order valence-electron chi connectivity index (χ2n) is 2.92. The molecule has 15 heavy (non-hydrogen) atoms. The molecule has 0 aromatic rings. The van der Waals surface area contributed by atoms with Crippen molar-refractivity contribution in [2.75, 3.05) is 19.8 Å². The predicted octanol–water partition coefficient (Wildman–Crippen LogP) is -1.32. The van der Waals surface area contributed by atoms with Crippen LogP contribution in [0.3, 0.4) is 0 Å². The number of aliphatic carboxylic acids is 2. The van der Waals surface area contributed by atoms with Crippen LogP contribution in [0.1, 0.15) is 12.8 Å². The average Bonchev–Trinajstić information content (AvgIpc) is 2.13. The Labute approximate surface area is 85.9 Å². The number of aliphatic hydroxyl groups excluding tert-OH is 2. The first-order valence-corrected chi connectivity index (χ1v) is 4.29. The third-order valence-electron chi connectivity index (χ3n) is 1.81. The van der Waals surface area contributed by atoms with Gasteiger partial charge in [-0.1, -0.05) is 0 Å². The minimum Gasteiger partial charge on any atom is -0.481 e. The SMILES string of the molecule is O=C(O)CC(CCO)(OCCO)C(=O)O. The van der Waals surface area contributed by atoms with Gasteiger partial charge in [-0.3, -0.25) is 4.79 Å². The highest BCUT2D eigenvalue weighted by atomic mass is 16.5. The maximum absolute atomic E-state index is 10.9. The number of carbonyl (C=O) groups is 2. The number of aliphatic hydroxyl groups is 2. The van der Waals surface area contributed by atoms with Crippen LogP contribution in [0.4, 0.5) is 0 Å². The fourth-order valence-corrected chi connectivity index (χ4v) is 1.12. The Bertz CT molecular complexity index is 227. The molecular formula is C8H14O7. The summed E-state index contributed by atoms with van der Waals surface area (Å²) in [6, 6.07) is 0. The molecule has 7 heteroatoms. The zero-order valence-corrected chi connectivity index (χ0v) is 8.05. The molecule has 0 heterocycles. The third kappa shape index (κ3) is 4.24. The highest BCUT2D eigenvalue weighted by Gasteiger charge is 2.41. The summed E-state index contributed by atoms with van der Waals surface area (Å²) in [5.41, 5.74) is -1.97. The van der Waals surface area contributed by atoms with E-state index in [1.54, 1.807) is 0 Å². The molecule has 0 spiro atoms. The van der Waals surface area contributed by atoms with E-state index in [0.29, 0.717) is 0 Å². The van der Waals surface area contributed by atoms with Crippen molar-refractivity contribution in [3.8, 4) is 0 Å². The molecule has 0 fully saturated rings. The summed E-state index contributed by atoms with van der Waals surface area (Å²) in [6.45, 7) is -1.22. The predicted molar refractivity (Wildman–Crippen MR) is 47.4 cm³/mol. The first kappa shape index (κ1) is 13.8. The van der Waals surface area contributed by atoms with Crippen molar-refractivity contribution < 1.29 is 34.8 Å². The van der Waals surface area contributed by atoms with Crippen LogP contribution in [-0.4, -0.2) is 57.8 Å². The van der Waals surface area contributed by atoms with E-state index in [1.165, 1.54) is 0 Å². The molecule has 0 aliphatic heterocycles. The second kappa shape index (κ2) is 6.33. The van der Waals surface area contributed by atoms with Crippen LogP contribution in [0, 0.1) is 0 Å². The van der Waals surface area contributed by atoms with Crippen molar-refractivity contribution in [2.45, 2.75) is 18.4 Å². The van der Waals surface area contributed by atoms with Gasteiger partial charge in [0.2, 0.25) is 0 Å². The highest BCUT2D eigenvalue weighted by Crippen LogP contribution is 2.21. The van der Waals surface area contributed by atoms with Gasteiger partial charge in [0.25, 0.3) is 0 Å². The zero-order valence-electron chi connectivity index (χ0n) is 8.05. The van der Waals surface area contributed by atoms with Gasteiger partial charge >= 0.3 is 11.9 Å². The van der Waals surface area contributed by atoms with Gasteiger partial charge in [0.05, 0.1) is 19.6 Å². The van der Waals surface area contributed by atoms with E-state index in [0.717, 1.165) is 0 Å². The Kier molecular flexibility index (Phi) is 5.83. The molecule has 0 saturated heterocycles. The van der Waals surface area contributed by atoms with Crippen molar-refractivity contribution in [1.29, 1.82) is 0 Å². The van der Waals surface area contributed by atoms with Crippen LogP contribution in [0.5, 0.6) is 0 Å². The minimum absolute atomic E-state index is 0.292. The van der Waals surface area contributed by atoms with E-state index in [4.69, 9.17) is 25.2 Å². The van der Waals surface area contributed by atoms with E-state index < -0.39 is 37.2 Å². The fraction of sp³-hybridized carbons (Fsp3) is 0.750. The number of carboxylic acids is 2. The maximum Gasteiger partial charge on any atom is 0.336 e. The van der Waals surface area contributed by atoms with Crippen molar-refractivity contribution >= 4 is 11.9 Å². The van der Waals surface area contributed by atoms with E-state index in [2.05, 4.69) is 0 Å². The summed E-state index contributed by atoms with van der Waals surface area (Å²) in [6.07, 6.45) is -1.10. The lowest BCUT2D eigenvalue weighted by Gasteiger charge is -2.27. The Hall–Kier alpha value is -1.18. The Balaban J connectivity index is 4.71. The molecule has 0 saturated carbocycles. The summed E-state index contributed by atoms with van der Waals surface area (Å²) < 4.78 is 4.80. The minimum atomic E-state index is -1.97. The normalized spacial score (nSPS) is 14.5. The van der Waals surface area contributed by atoms with Gasteiger partial charge in [-0.25, -0.2) is 4.79 Å². The molecule has 0 aliphatic carbocycles. The lowest BCUT2D eigenvalue weighted by molar-refractivity contribution is -0.176.